The molecule has 0 aliphatic heterocycles. The van der Waals surface area contributed by atoms with Crippen molar-refractivity contribution in [2.75, 3.05) is 14.2 Å². The average molecular weight is 454 g/mol. The quantitative estimate of drug-likeness (QED) is 0.541. The normalized spacial score (nSPS) is 21.0. The van der Waals surface area contributed by atoms with Crippen LogP contribution in [-0.4, -0.2) is 14.2 Å². The fourth-order valence-electron chi connectivity index (χ4n) is 3.58. The van der Waals surface area contributed by atoms with Crippen molar-refractivity contribution < 1.29 is 9.47 Å². The third-order valence-corrected chi connectivity index (χ3v) is 5.81. The monoisotopic (exact) mass is 452 g/mol. The highest BCUT2D eigenvalue weighted by Gasteiger charge is 2.22. The second-order valence-electron chi connectivity index (χ2n) is 6.21. The van der Waals surface area contributed by atoms with E-state index in [0.717, 1.165) is 34.6 Å². The van der Waals surface area contributed by atoms with Crippen LogP contribution in [0.5, 0.6) is 0 Å². The van der Waals surface area contributed by atoms with E-state index in [9.17, 15) is 0 Å². The van der Waals surface area contributed by atoms with Crippen molar-refractivity contribution in [3.8, 4) is 0 Å². The zero-order chi connectivity index (χ0) is 17.1. The number of benzene rings is 2. The number of aryl methyl sites for hydroxylation is 2. The van der Waals surface area contributed by atoms with Crippen molar-refractivity contribution in [3.63, 3.8) is 0 Å². The maximum atomic E-state index is 5.36. The van der Waals surface area contributed by atoms with Crippen LogP contribution in [0.4, 0.5) is 0 Å². The van der Waals surface area contributed by atoms with Gasteiger partial charge in [0.1, 0.15) is 0 Å². The van der Waals surface area contributed by atoms with E-state index >= 15 is 0 Å². The standard InChI is InChI=1S/2C10H11BrO/c2*1-12-10-5-2-7-6-8(11)3-4-9(7)10/h2*3-4,6,10H,2,5H2,1H3. The van der Waals surface area contributed by atoms with Crippen LogP contribution in [0.25, 0.3) is 0 Å². The molecule has 2 atom stereocenters. The van der Waals surface area contributed by atoms with Gasteiger partial charge in [0.05, 0.1) is 12.2 Å². The molecule has 0 saturated heterocycles. The molecule has 0 bridgehead atoms. The molecule has 0 radical (unpaired) electrons. The summed E-state index contributed by atoms with van der Waals surface area (Å²) in [7, 11) is 3.56. The Balaban J connectivity index is 0.000000141. The maximum absolute atomic E-state index is 5.36. The molecule has 0 N–H and O–H groups in total. The summed E-state index contributed by atoms with van der Waals surface area (Å²) in [4.78, 5) is 0. The molecule has 2 unspecified atom stereocenters. The molecule has 2 aromatic rings. The Labute approximate surface area is 160 Å². The van der Waals surface area contributed by atoms with Crippen molar-refractivity contribution in [1.29, 1.82) is 0 Å². The predicted molar refractivity (Wildman–Crippen MR) is 104 cm³/mol. The topological polar surface area (TPSA) is 18.5 Å². The molecule has 0 amide bonds. The van der Waals surface area contributed by atoms with Crippen LogP contribution in [0.3, 0.4) is 0 Å². The average Bonchev–Trinajstić information content (AvgIpc) is 3.17. The minimum Gasteiger partial charge on any atom is -0.377 e. The first-order chi connectivity index (χ1) is 11.6. The Morgan fingerprint density at radius 2 is 1.17 bits per heavy atom. The Kier molecular flexibility index (Phi) is 6.14. The highest BCUT2D eigenvalue weighted by Crippen LogP contribution is 2.35. The summed E-state index contributed by atoms with van der Waals surface area (Å²) in [6.45, 7) is 0. The van der Waals surface area contributed by atoms with Crippen LogP contribution in [0, 0.1) is 0 Å². The van der Waals surface area contributed by atoms with Crippen LogP contribution in [-0.2, 0) is 22.3 Å². The van der Waals surface area contributed by atoms with Gasteiger partial charge in [-0.15, -0.1) is 0 Å². The molecule has 4 rings (SSSR count). The van der Waals surface area contributed by atoms with Crippen LogP contribution >= 0.6 is 31.9 Å². The smallest absolute Gasteiger partial charge is 0.0827 e. The van der Waals surface area contributed by atoms with E-state index in [4.69, 9.17) is 9.47 Å². The molecule has 2 aliphatic carbocycles. The van der Waals surface area contributed by atoms with Crippen LogP contribution in [0.2, 0.25) is 0 Å². The first-order valence-corrected chi connectivity index (χ1v) is 9.83. The lowest BCUT2D eigenvalue weighted by atomic mass is 10.1. The van der Waals surface area contributed by atoms with Crippen LogP contribution in [0.1, 0.15) is 47.3 Å². The molecule has 24 heavy (non-hydrogen) atoms. The van der Waals surface area contributed by atoms with Crippen molar-refractivity contribution in [2.24, 2.45) is 0 Å². The Bertz CT molecular complexity index is 653. The summed E-state index contributed by atoms with van der Waals surface area (Å²) >= 11 is 6.93. The summed E-state index contributed by atoms with van der Waals surface area (Å²) in [5.41, 5.74) is 5.58. The lowest BCUT2D eigenvalue weighted by molar-refractivity contribution is 0.105. The lowest BCUT2D eigenvalue weighted by Crippen LogP contribution is -1.94. The van der Waals surface area contributed by atoms with Crippen LogP contribution < -0.4 is 0 Å². The second kappa shape index (κ2) is 8.13. The Hall–Kier alpha value is -0.680. The fourth-order valence-corrected chi connectivity index (χ4v) is 4.40. The van der Waals surface area contributed by atoms with Crippen molar-refractivity contribution in [1.82, 2.24) is 0 Å². The summed E-state index contributed by atoms with van der Waals surface area (Å²) in [6, 6.07) is 12.8. The van der Waals surface area contributed by atoms with Gasteiger partial charge in [-0.3, -0.25) is 0 Å². The van der Waals surface area contributed by atoms with Gasteiger partial charge in [-0.2, -0.15) is 0 Å². The van der Waals surface area contributed by atoms with E-state index in [0.29, 0.717) is 12.2 Å². The molecule has 128 valence electrons. The number of rotatable bonds is 2. The Morgan fingerprint density at radius 1 is 0.750 bits per heavy atom. The van der Waals surface area contributed by atoms with E-state index in [1.807, 2.05) is 0 Å². The zero-order valence-corrected chi connectivity index (χ0v) is 17.2. The number of methoxy groups -OCH3 is 2. The molecule has 4 heteroatoms. The first-order valence-electron chi connectivity index (χ1n) is 8.24. The van der Waals surface area contributed by atoms with Gasteiger partial charge in [0.15, 0.2) is 0 Å². The van der Waals surface area contributed by atoms with Gasteiger partial charge >= 0.3 is 0 Å². The molecular weight excluding hydrogens is 432 g/mol. The van der Waals surface area contributed by atoms with Crippen molar-refractivity contribution >= 4 is 31.9 Å². The largest absolute Gasteiger partial charge is 0.377 e. The molecule has 2 aliphatic rings. The minimum absolute atomic E-state index is 0.327. The summed E-state index contributed by atoms with van der Waals surface area (Å²) in [6.07, 6.45) is 5.20. The molecule has 0 aromatic heterocycles. The molecule has 0 heterocycles. The number of hydrogen-bond donors (Lipinski definition) is 0. The van der Waals surface area contributed by atoms with Crippen molar-refractivity contribution in [2.45, 2.75) is 37.9 Å². The molecule has 2 nitrogen and oxygen atoms in total. The number of halogens is 2. The highest BCUT2D eigenvalue weighted by molar-refractivity contribution is 9.10. The fraction of sp³-hybridized carbons (Fsp3) is 0.400. The maximum Gasteiger partial charge on any atom is 0.0827 e. The molecule has 0 fully saturated rings. The number of hydrogen-bond acceptors (Lipinski definition) is 2. The van der Waals surface area contributed by atoms with Gasteiger partial charge in [-0.1, -0.05) is 44.0 Å². The predicted octanol–water partition coefficient (Wildman–Crippen LogP) is 6.17. The molecule has 0 spiro atoms. The SMILES string of the molecule is COC1CCc2cc(Br)ccc21.COC1CCc2cc(Br)ccc21. The third kappa shape index (κ3) is 3.93. The summed E-state index contributed by atoms with van der Waals surface area (Å²) in [5.74, 6) is 0. The molecule has 2 aromatic carbocycles. The first kappa shape index (κ1) is 18.1. The van der Waals surface area contributed by atoms with E-state index < -0.39 is 0 Å². The zero-order valence-electron chi connectivity index (χ0n) is 14.0. The van der Waals surface area contributed by atoms with E-state index in [1.165, 1.54) is 22.3 Å². The highest BCUT2D eigenvalue weighted by atomic mass is 79.9. The van der Waals surface area contributed by atoms with Gasteiger partial charge in [0.2, 0.25) is 0 Å². The number of fused-ring (bicyclic) bond motifs is 2. The van der Waals surface area contributed by atoms with Crippen LogP contribution in [0.15, 0.2) is 45.3 Å². The van der Waals surface area contributed by atoms with Crippen molar-refractivity contribution in [3.05, 3.63) is 67.6 Å². The third-order valence-electron chi connectivity index (χ3n) is 4.82. The van der Waals surface area contributed by atoms with E-state index in [2.05, 4.69) is 68.3 Å². The van der Waals surface area contributed by atoms with E-state index in [1.54, 1.807) is 14.2 Å². The summed E-state index contributed by atoms with van der Waals surface area (Å²) in [5, 5.41) is 0. The van der Waals surface area contributed by atoms with E-state index in [-0.39, 0.29) is 0 Å². The summed E-state index contributed by atoms with van der Waals surface area (Å²) < 4.78 is 13.1. The number of ether oxygens (including phenoxy) is 2. The van der Waals surface area contributed by atoms with Gasteiger partial charge in [-0.25, -0.2) is 0 Å². The lowest BCUT2D eigenvalue weighted by Gasteiger charge is -2.08. The van der Waals surface area contributed by atoms with Gasteiger partial charge in [0.25, 0.3) is 0 Å². The van der Waals surface area contributed by atoms with Gasteiger partial charge in [0, 0.05) is 23.2 Å². The molecular formula is C20H22Br2O2. The Morgan fingerprint density at radius 3 is 1.54 bits per heavy atom. The van der Waals surface area contributed by atoms with Gasteiger partial charge < -0.3 is 9.47 Å². The van der Waals surface area contributed by atoms with Gasteiger partial charge in [-0.05, 0) is 72.2 Å². The second-order valence-corrected chi connectivity index (χ2v) is 8.04. The minimum atomic E-state index is 0.327. The molecule has 0 saturated carbocycles.